The highest BCUT2D eigenvalue weighted by molar-refractivity contribution is 5.76. The van der Waals surface area contributed by atoms with Gasteiger partial charge in [0.05, 0.1) is 13.2 Å². The minimum atomic E-state index is 0.259. The molecule has 2 rings (SSSR count). The Kier molecular flexibility index (Phi) is 5.22. The number of amides is 1. The predicted octanol–water partition coefficient (Wildman–Crippen LogP) is -0.423. The van der Waals surface area contributed by atoms with E-state index in [1.54, 1.807) is 0 Å². The summed E-state index contributed by atoms with van der Waals surface area (Å²) in [5.41, 5.74) is 0. The first-order valence-corrected chi connectivity index (χ1v) is 6.66. The monoisotopic (exact) mass is 241 g/mol. The second-order valence-electron chi connectivity index (χ2n) is 4.72. The van der Waals surface area contributed by atoms with Crippen LogP contribution in [0.2, 0.25) is 0 Å². The number of carbonyl (C=O) groups is 1. The van der Waals surface area contributed by atoms with Crippen molar-refractivity contribution in [1.82, 2.24) is 15.5 Å². The van der Waals surface area contributed by atoms with Crippen LogP contribution in [-0.2, 0) is 9.53 Å². The predicted molar refractivity (Wildman–Crippen MR) is 65.9 cm³/mol. The topological polar surface area (TPSA) is 53.6 Å². The van der Waals surface area contributed by atoms with E-state index in [0.717, 1.165) is 32.7 Å². The lowest BCUT2D eigenvalue weighted by Gasteiger charge is -2.28. The molecule has 0 unspecified atom stereocenters. The minimum Gasteiger partial charge on any atom is -0.378 e. The van der Waals surface area contributed by atoms with Gasteiger partial charge >= 0.3 is 0 Å². The summed E-state index contributed by atoms with van der Waals surface area (Å²) < 4.78 is 5.23. The first-order valence-electron chi connectivity index (χ1n) is 6.66. The van der Waals surface area contributed by atoms with Gasteiger partial charge in [-0.1, -0.05) is 0 Å². The molecule has 2 N–H and O–H groups in total. The van der Waals surface area contributed by atoms with Gasteiger partial charge in [0, 0.05) is 32.1 Å². The molecule has 2 fully saturated rings. The van der Waals surface area contributed by atoms with Gasteiger partial charge < -0.3 is 20.3 Å². The second kappa shape index (κ2) is 6.93. The Hall–Kier alpha value is -0.650. The van der Waals surface area contributed by atoms with E-state index >= 15 is 0 Å². The van der Waals surface area contributed by atoms with Gasteiger partial charge in [-0.25, -0.2) is 0 Å². The lowest BCUT2D eigenvalue weighted by atomic mass is 10.1. The first kappa shape index (κ1) is 12.8. The maximum absolute atomic E-state index is 11.9. The highest BCUT2D eigenvalue weighted by Crippen LogP contribution is 2.03. The van der Waals surface area contributed by atoms with Crippen molar-refractivity contribution >= 4 is 5.91 Å². The van der Waals surface area contributed by atoms with Gasteiger partial charge in [0.2, 0.25) is 5.91 Å². The summed E-state index contributed by atoms with van der Waals surface area (Å²) in [7, 11) is 0. The minimum absolute atomic E-state index is 0.259. The van der Waals surface area contributed by atoms with Gasteiger partial charge in [-0.05, 0) is 25.9 Å². The SMILES string of the molecule is O=C(CCNC1CCNCC1)N1CCOCC1. The van der Waals surface area contributed by atoms with Crippen molar-refractivity contribution in [3.8, 4) is 0 Å². The van der Waals surface area contributed by atoms with Crippen LogP contribution in [0, 0.1) is 0 Å². The number of rotatable bonds is 4. The molecular weight excluding hydrogens is 218 g/mol. The Balaban J connectivity index is 1.58. The molecule has 0 radical (unpaired) electrons. The van der Waals surface area contributed by atoms with Gasteiger partial charge in [0.15, 0.2) is 0 Å². The molecule has 5 nitrogen and oxygen atoms in total. The van der Waals surface area contributed by atoms with Gasteiger partial charge in [0.1, 0.15) is 0 Å². The fourth-order valence-electron chi connectivity index (χ4n) is 2.38. The van der Waals surface area contributed by atoms with E-state index in [4.69, 9.17) is 4.74 Å². The maximum atomic E-state index is 11.9. The maximum Gasteiger partial charge on any atom is 0.224 e. The fraction of sp³-hybridized carbons (Fsp3) is 0.917. The van der Waals surface area contributed by atoms with Crippen LogP contribution in [-0.4, -0.2) is 62.8 Å². The summed E-state index contributed by atoms with van der Waals surface area (Å²) in [6.45, 7) is 5.88. The number of piperidine rings is 1. The lowest BCUT2D eigenvalue weighted by Crippen LogP contribution is -2.44. The largest absolute Gasteiger partial charge is 0.378 e. The molecule has 0 aromatic heterocycles. The number of ether oxygens (including phenoxy) is 1. The molecule has 0 spiro atoms. The van der Waals surface area contributed by atoms with E-state index in [1.807, 2.05) is 4.90 Å². The van der Waals surface area contributed by atoms with Crippen LogP contribution in [0.25, 0.3) is 0 Å². The third-order valence-corrected chi connectivity index (χ3v) is 3.47. The highest BCUT2D eigenvalue weighted by atomic mass is 16.5. The molecule has 17 heavy (non-hydrogen) atoms. The van der Waals surface area contributed by atoms with Gasteiger partial charge in [-0.2, -0.15) is 0 Å². The van der Waals surface area contributed by atoms with E-state index in [2.05, 4.69) is 10.6 Å². The second-order valence-corrected chi connectivity index (χ2v) is 4.72. The Morgan fingerprint density at radius 2 is 2.00 bits per heavy atom. The number of carbonyl (C=O) groups excluding carboxylic acids is 1. The van der Waals surface area contributed by atoms with E-state index in [-0.39, 0.29) is 5.91 Å². The van der Waals surface area contributed by atoms with Crippen LogP contribution in [0.4, 0.5) is 0 Å². The molecule has 2 aliphatic rings. The molecule has 0 aliphatic carbocycles. The molecule has 0 aromatic carbocycles. The van der Waals surface area contributed by atoms with Crippen molar-refractivity contribution in [2.24, 2.45) is 0 Å². The summed E-state index contributed by atoms with van der Waals surface area (Å²) >= 11 is 0. The smallest absolute Gasteiger partial charge is 0.224 e. The Morgan fingerprint density at radius 3 is 2.71 bits per heavy atom. The van der Waals surface area contributed by atoms with Crippen molar-refractivity contribution < 1.29 is 9.53 Å². The molecular formula is C12H23N3O2. The summed E-state index contributed by atoms with van der Waals surface area (Å²) in [5, 5.41) is 6.81. The summed E-state index contributed by atoms with van der Waals surface area (Å²) in [4.78, 5) is 13.8. The standard InChI is InChI=1S/C12H23N3O2/c16-12(15-7-9-17-10-8-15)3-6-14-11-1-4-13-5-2-11/h11,13-14H,1-10H2. The number of hydrogen-bond acceptors (Lipinski definition) is 4. The third kappa shape index (κ3) is 4.26. The molecule has 5 heteroatoms. The van der Waals surface area contributed by atoms with E-state index in [0.29, 0.717) is 25.7 Å². The zero-order valence-electron chi connectivity index (χ0n) is 10.4. The Labute approximate surface area is 103 Å². The van der Waals surface area contributed by atoms with Crippen molar-refractivity contribution in [2.45, 2.75) is 25.3 Å². The van der Waals surface area contributed by atoms with Crippen LogP contribution in [0.15, 0.2) is 0 Å². The number of nitrogens with zero attached hydrogens (tertiary/aromatic N) is 1. The Bertz CT molecular complexity index is 236. The van der Waals surface area contributed by atoms with Crippen LogP contribution < -0.4 is 10.6 Å². The van der Waals surface area contributed by atoms with E-state index < -0.39 is 0 Å². The van der Waals surface area contributed by atoms with Crippen LogP contribution >= 0.6 is 0 Å². The summed E-state index contributed by atoms with van der Waals surface area (Å²) in [5.74, 6) is 0.259. The molecule has 2 saturated heterocycles. The van der Waals surface area contributed by atoms with Crippen molar-refractivity contribution in [1.29, 1.82) is 0 Å². The number of morpholine rings is 1. The zero-order valence-corrected chi connectivity index (χ0v) is 10.4. The van der Waals surface area contributed by atoms with Crippen LogP contribution in [0.3, 0.4) is 0 Å². The van der Waals surface area contributed by atoms with Crippen LogP contribution in [0.1, 0.15) is 19.3 Å². The zero-order chi connectivity index (χ0) is 11.9. The van der Waals surface area contributed by atoms with Gasteiger partial charge in [-0.15, -0.1) is 0 Å². The summed E-state index contributed by atoms with van der Waals surface area (Å²) in [6.07, 6.45) is 2.96. The first-order chi connectivity index (χ1) is 8.36. The van der Waals surface area contributed by atoms with Crippen molar-refractivity contribution in [3.63, 3.8) is 0 Å². The van der Waals surface area contributed by atoms with Crippen molar-refractivity contribution in [2.75, 3.05) is 45.9 Å². The average molecular weight is 241 g/mol. The van der Waals surface area contributed by atoms with Gasteiger partial charge in [0.25, 0.3) is 0 Å². The van der Waals surface area contributed by atoms with Gasteiger partial charge in [-0.3, -0.25) is 4.79 Å². The molecule has 98 valence electrons. The number of hydrogen-bond donors (Lipinski definition) is 2. The van der Waals surface area contributed by atoms with E-state index in [1.165, 1.54) is 12.8 Å². The fourth-order valence-corrected chi connectivity index (χ4v) is 2.38. The lowest BCUT2D eigenvalue weighted by molar-refractivity contribution is -0.135. The molecule has 0 saturated carbocycles. The molecule has 0 bridgehead atoms. The molecule has 2 heterocycles. The van der Waals surface area contributed by atoms with E-state index in [9.17, 15) is 4.79 Å². The van der Waals surface area contributed by atoms with Crippen molar-refractivity contribution in [3.05, 3.63) is 0 Å². The third-order valence-electron chi connectivity index (χ3n) is 3.47. The number of nitrogens with one attached hydrogen (secondary N) is 2. The Morgan fingerprint density at radius 1 is 1.29 bits per heavy atom. The van der Waals surface area contributed by atoms with Crippen LogP contribution in [0.5, 0.6) is 0 Å². The molecule has 1 amide bonds. The summed E-state index contributed by atoms with van der Waals surface area (Å²) in [6, 6.07) is 0.591. The average Bonchev–Trinajstić information content (AvgIpc) is 2.41. The normalized spacial score (nSPS) is 22.7. The quantitative estimate of drug-likeness (QED) is 0.702. The molecule has 2 aliphatic heterocycles. The highest BCUT2D eigenvalue weighted by Gasteiger charge is 2.17. The molecule has 0 atom stereocenters. The molecule has 0 aromatic rings.